The number of hydrazone groups is 1. The van der Waals surface area contributed by atoms with Crippen molar-refractivity contribution in [1.82, 2.24) is 5.43 Å². The van der Waals surface area contributed by atoms with Gasteiger partial charge < -0.3 is 9.47 Å². The maximum absolute atomic E-state index is 12.3. The predicted octanol–water partition coefficient (Wildman–Crippen LogP) is 3.62. The van der Waals surface area contributed by atoms with Gasteiger partial charge in [-0.05, 0) is 35.0 Å². The highest BCUT2D eigenvalue weighted by Gasteiger charge is 2.08. The summed E-state index contributed by atoms with van der Waals surface area (Å²) in [6.07, 6.45) is 1.53. The maximum atomic E-state index is 12.3. The molecule has 1 N–H and O–H groups in total. The first-order valence-electron chi connectivity index (χ1n) is 7.76. The van der Waals surface area contributed by atoms with E-state index in [2.05, 4.69) is 10.5 Å². The molecule has 3 rings (SSSR count). The Bertz CT molecular complexity index is 935. The summed E-state index contributed by atoms with van der Waals surface area (Å²) in [5.74, 6) is 0.893. The van der Waals surface area contributed by atoms with E-state index >= 15 is 0 Å². The molecule has 3 aromatic carbocycles. The lowest BCUT2D eigenvalue weighted by Gasteiger charge is -2.09. The van der Waals surface area contributed by atoms with Crippen LogP contribution >= 0.6 is 0 Å². The second-order valence-corrected chi connectivity index (χ2v) is 5.34. The molecule has 25 heavy (non-hydrogen) atoms. The fraction of sp³-hybridized carbons (Fsp3) is 0.100. The van der Waals surface area contributed by atoms with E-state index in [1.807, 2.05) is 48.5 Å². The lowest BCUT2D eigenvalue weighted by Crippen LogP contribution is -2.17. The van der Waals surface area contributed by atoms with Crippen molar-refractivity contribution >= 4 is 22.9 Å². The zero-order valence-electron chi connectivity index (χ0n) is 14.0. The third kappa shape index (κ3) is 3.61. The number of rotatable bonds is 5. The average molecular weight is 334 g/mol. The Morgan fingerprint density at radius 2 is 1.76 bits per heavy atom. The zero-order chi connectivity index (χ0) is 17.6. The molecule has 0 heterocycles. The first kappa shape index (κ1) is 16.5. The van der Waals surface area contributed by atoms with Gasteiger partial charge in [-0.15, -0.1) is 0 Å². The van der Waals surface area contributed by atoms with Gasteiger partial charge in [-0.2, -0.15) is 5.10 Å². The summed E-state index contributed by atoms with van der Waals surface area (Å²) in [6.45, 7) is 0. The molecule has 0 radical (unpaired) electrons. The van der Waals surface area contributed by atoms with Gasteiger partial charge in [0.05, 0.1) is 20.4 Å². The maximum Gasteiger partial charge on any atom is 0.271 e. The quantitative estimate of drug-likeness (QED) is 0.573. The van der Waals surface area contributed by atoms with E-state index in [1.165, 1.54) is 6.21 Å². The molecule has 0 spiro atoms. The molecule has 0 saturated heterocycles. The first-order chi connectivity index (χ1) is 12.2. The van der Waals surface area contributed by atoms with Gasteiger partial charge in [0.1, 0.15) is 0 Å². The number of carbonyl (C=O) groups is 1. The van der Waals surface area contributed by atoms with Crippen molar-refractivity contribution in [2.24, 2.45) is 5.10 Å². The molecule has 5 nitrogen and oxygen atoms in total. The molecule has 0 bridgehead atoms. The number of methoxy groups -OCH3 is 2. The van der Waals surface area contributed by atoms with Crippen LogP contribution < -0.4 is 14.9 Å². The van der Waals surface area contributed by atoms with Crippen LogP contribution in [0.2, 0.25) is 0 Å². The third-order valence-corrected chi connectivity index (χ3v) is 3.81. The summed E-state index contributed by atoms with van der Waals surface area (Å²) in [4.78, 5) is 12.3. The van der Waals surface area contributed by atoms with Gasteiger partial charge in [-0.25, -0.2) is 5.43 Å². The smallest absolute Gasteiger partial charge is 0.271 e. The van der Waals surface area contributed by atoms with E-state index in [1.54, 1.807) is 26.4 Å². The number of fused-ring (bicyclic) bond motifs is 1. The normalized spacial score (nSPS) is 10.8. The van der Waals surface area contributed by atoms with Crippen LogP contribution in [-0.4, -0.2) is 26.3 Å². The van der Waals surface area contributed by atoms with Crippen molar-refractivity contribution in [3.63, 3.8) is 0 Å². The topological polar surface area (TPSA) is 59.9 Å². The molecule has 0 aliphatic heterocycles. The van der Waals surface area contributed by atoms with Crippen molar-refractivity contribution < 1.29 is 14.3 Å². The second-order valence-electron chi connectivity index (χ2n) is 5.34. The molecule has 0 fully saturated rings. The number of benzene rings is 3. The fourth-order valence-corrected chi connectivity index (χ4v) is 2.57. The van der Waals surface area contributed by atoms with Gasteiger partial charge >= 0.3 is 0 Å². The number of carbonyl (C=O) groups excluding carboxylic acids is 1. The molecule has 0 aliphatic carbocycles. The Morgan fingerprint density at radius 1 is 0.960 bits per heavy atom. The number of ether oxygens (including phenoxy) is 2. The molecule has 126 valence electrons. The van der Waals surface area contributed by atoms with Gasteiger partial charge in [-0.1, -0.05) is 36.4 Å². The lowest BCUT2D eigenvalue weighted by molar-refractivity contribution is 0.0955. The number of amides is 1. The van der Waals surface area contributed by atoms with Gasteiger partial charge in [0.2, 0.25) is 0 Å². The molecule has 5 heteroatoms. The van der Waals surface area contributed by atoms with Gasteiger partial charge in [0, 0.05) is 11.1 Å². The summed E-state index contributed by atoms with van der Waals surface area (Å²) in [7, 11) is 3.13. The number of hydrogen-bond acceptors (Lipinski definition) is 4. The Hall–Kier alpha value is -3.34. The van der Waals surface area contributed by atoms with Crippen molar-refractivity contribution in [2.45, 2.75) is 0 Å². The van der Waals surface area contributed by atoms with E-state index in [0.29, 0.717) is 22.6 Å². The largest absolute Gasteiger partial charge is 0.493 e. The Balaban J connectivity index is 1.76. The van der Waals surface area contributed by atoms with Crippen LogP contribution in [0.1, 0.15) is 15.9 Å². The molecule has 0 atom stereocenters. The predicted molar refractivity (Wildman–Crippen MR) is 98.6 cm³/mol. The molecular formula is C20H18N2O3. The van der Waals surface area contributed by atoms with Crippen LogP contribution in [0.25, 0.3) is 10.8 Å². The minimum atomic E-state index is -0.274. The molecule has 1 amide bonds. The number of para-hydroxylation sites is 1. The summed E-state index contributed by atoms with van der Waals surface area (Å²) < 4.78 is 10.6. The Labute approximate surface area is 145 Å². The number of hydrogen-bond donors (Lipinski definition) is 1. The molecule has 0 saturated carbocycles. The summed E-state index contributed by atoms with van der Waals surface area (Å²) in [5, 5.41) is 6.12. The van der Waals surface area contributed by atoms with Gasteiger partial charge in [0.15, 0.2) is 11.5 Å². The van der Waals surface area contributed by atoms with E-state index in [4.69, 9.17) is 9.47 Å². The van der Waals surface area contributed by atoms with Gasteiger partial charge in [0.25, 0.3) is 5.91 Å². The van der Waals surface area contributed by atoms with E-state index < -0.39 is 0 Å². The van der Waals surface area contributed by atoms with Crippen LogP contribution in [0.4, 0.5) is 0 Å². The summed E-state index contributed by atoms with van der Waals surface area (Å²) in [6, 6.07) is 18.9. The highest BCUT2D eigenvalue weighted by atomic mass is 16.5. The summed E-state index contributed by atoms with van der Waals surface area (Å²) >= 11 is 0. The van der Waals surface area contributed by atoms with E-state index in [-0.39, 0.29) is 5.91 Å². The third-order valence-electron chi connectivity index (χ3n) is 3.81. The molecule has 0 aliphatic rings. The first-order valence-corrected chi connectivity index (χ1v) is 7.76. The van der Waals surface area contributed by atoms with Crippen molar-refractivity contribution in [2.75, 3.05) is 14.2 Å². The van der Waals surface area contributed by atoms with Crippen LogP contribution in [0, 0.1) is 0 Å². The van der Waals surface area contributed by atoms with Crippen LogP contribution in [-0.2, 0) is 0 Å². The van der Waals surface area contributed by atoms with Crippen molar-refractivity contribution in [1.29, 1.82) is 0 Å². The highest BCUT2D eigenvalue weighted by molar-refractivity contribution is 5.99. The monoisotopic (exact) mass is 334 g/mol. The minimum absolute atomic E-state index is 0.274. The summed E-state index contributed by atoms with van der Waals surface area (Å²) in [5.41, 5.74) is 3.79. The Morgan fingerprint density at radius 3 is 2.52 bits per heavy atom. The molecular weight excluding hydrogens is 316 g/mol. The van der Waals surface area contributed by atoms with Gasteiger partial charge in [-0.3, -0.25) is 4.79 Å². The van der Waals surface area contributed by atoms with Crippen molar-refractivity contribution in [3.05, 3.63) is 71.8 Å². The van der Waals surface area contributed by atoms with Crippen LogP contribution in [0.3, 0.4) is 0 Å². The SMILES string of the molecule is COc1cccc(/C=N\NC(=O)c2ccc3ccccc3c2)c1OC. The van der Waals surface area contributed by atoms with E-state index in [9.17, 15) is 4.79 Å². The van der Waals surface area contributed by atoms with Crippen LogP contribution in [0.15, 0.2) is 65.8 Å². The van der Waals surface area contributed by atoms with Crippen molar-refractivity contribution in [3.8, 4) is 11.5 Å². The molecule has 3 aromatic rings. The second kappa shape index (κ2) is 7.49. The number of nitrogens with one attached hydrogen (secondary N) is 1. The Kier molecular flexibility index (Phi) is 4.95. The number of nitrogens with zero attached hydrogens (tertiary/aromatic N) is 1. The van der Waals surface area contributed by atoms with Crippen LogP contribution in [0.5, 0.6) is 11.5 Å². The standard InChI is InChI=1S/C20H18N2O3/c1-24-18-9-5-8-17(19(18)25-2)13-21-22-20(23)16-11-10-14-6-3-4-7-15(14)12-16/h3-13H,1-2H3,(H,22,23)/b21-13-. The lowest BCUT2D eigenvalue weighted by atomic mass is 10.1. The molecule has 0 aromatic heterocycles. The zero-order valence-corrected chi connectivity index (χ0v) is 14.0. The molecule has 0 unspecified atom stereocenters. The highest BCUT2D eigenvalue weighted by Crippen LogP contribution is 2.29. The van der Waals surface area contributed by atoms with E-state index in [0.717, 1.165) is 10.8 Å². The fourth-order valence-electron chi connectivity index (χ4n) is 2.57. The average Bonchev–Trinajstić information content (AvgIpc) is 2.67. The minimum Gasteiger partial charge on any atom is -0.493 e.